The van der Waals surface area contributed by atoms with E-state index in [1.54, 1.807) is 0 Å². The molecule has 0 aromatic carbocycles. The predicted octanol–water partition coefficient (Wildman–Crippen LogP) is 1.42. The Balaban J connectivity index is 2.92. The van der Waals surface area contributed by atoms with Crippen molar-refractivity contribution in [3.05, 3.63) is 0 Å². The first-order chi connectivity index (χ1) is 7.53. The molecule has 4 heteroatoms. The summed E-state index contributed by atoms with van der Waals surface area (Å²) >= 11 is 0. The van der Waals surface area contributed by atoms with E-state index in [1.807, 2.05) is 27.7 Å². The number of quaternary nitrogens is 1. The van der Waals surface area contributed by atoms with Gasteiger partial charge in [0, 0.05) is 23.9 Å². The summed E-state index contributed by atoms with van der Waals surface area (Å²) in [5.41, 5.74) is -0.644. The van der Waals surface area contributed by atoms with Crippen LogP contribution >= 0.6 is 0 Å². The molecule has 1 fully saturated rings. The Morgan fingerprint density at radius 3 is 1.94 bits per heavy atom. The number of nitrogens with zero attached hydrogens (tertiary/aromatic N) is 2. The number of piperidine rings is 1. The molecule has 1 radical (unpaired) electrons. The van der Waals surface area contributed by atoms with Gasteiger partial charge in [0.05, 0.1) is 26.7 Å². The van der Waals surface area contributed by atoms with Gasteiger partial charge in [-0.15, -0.1) is 10.3 Å². The quantitative estimate of drug-likeness (QED) is 0.763. The molecular weight excluding hydrogens is 216 g/mol. The fourth-order valence-electron chi connectivity index (χ4n) is 3.15. The van der Waals surface area contributed by atoms with Crippen molar-refractivity contribution < 1.29 is 14.8 Å². The molecule has 17 heavy (non-hydrogen) atoms. The van der Waals surface area contributed by atoms with Crippen molar-refractivity contribution in [2.75, 3.05) is 27.2 Å². The van der Waals surface area contributed by atoms with Crippen LogP contribution in [0.25, 0.3) is 0 Å². The molecular formula is C13H28N2O2+. The van der Waals surface area contributed by atoms with Crippen molar-refractivity contribution in [1.82, 2.24) is 5.06 Å². The zero-order valence-electron chi connectivity index (χ0n) is 12.2. The SMILES string of the molecule is CC1(C)CC([N+](C)(C)CCO)CC(C)(C)N1[O]. The highest BCUT2D eigenvalue weighted by atomic mass is 16.5. The third-order valence-corrected chi connectivity index (χ3v) is 4.23. The second-order valence-corrected chi connectivity index (χ2v) is 7.21. The van der Waals surface area contributed by atoms with Crippen LogP contribution in [0.5, 0.6) is 0 Å². The van der Waals surface area contributed by atoms with Gasteiger partial charge in [-0.2, -0.15) is 0 Å². The highest BCUT2D eigenvalue weighted by Crippen LogP contribution is 2.40. The van der Waals surface area contributed by atoms with E-state index in [0.29, 0.717) is 6.04 Å². The fraction of sp³-hybridized carbons (Fsp3) is 1.00. The Hall–Kier alpha value is -0.160. The molecule has 4 nitrogen and oxygen atoms in total. The summed E-state index contributed by atoms with van der Waals surface area (Å²) in [5, 5.41) is 22.7. The monoisotopic (exact) mass is 244 g/mol. The molecule has 101 valence electrons. The molecule has 1 aliphatic rings. The van der Waals surface area contributed by atoms with Crippen molar-refractivity contribution in [2.24, 2.45) is 0 Å². The minimum absolute atomic E-state index is 0.200. The molecule has 1 rings (SSSR count). The van der Waals surface area contributed by atoms with Gasteiger partial charge in [-0.3, -0.25) is 0 Å². The van der Waals surface area contributed by atoms with Gasteiger partial charge < -0.3 is 9.59 Å². The van der Waals surface area contributed by atoms with Crippen LogP contribution in [0.4, 0.5) is 0 Å². The molecule has 1 saturated heterocycles. The molecule has 0 atom stereocenters. The molecule has 0 bridgehead atoms. The molecule has 1 heterocycles. The van der Waals surface area contributed by atoms with Gasteiger partial charge in [0.2, 0.25) is 0 Å². The largest absolute Gasteiger partial charge is 0.391 e. The first-order valence-corrected chi connectivity index (χ1v) is 6.44. The topological polar surface area (TPSA) is 43.4 Å². The normalized spacial score (nSPS) is 26.1. The van der Waals surface area contributed by atoms with Crippen LogP contribution in [0.1, 0.15) is 40.5 Å². The van der Waals surface area contributed by atoms with Gasteiger partial charge in [-0.25, -0.2) is 0 Å². The lowest BCUT2D eigenvalue weighted by atomic mass is 9.77. The summed E-state index contributed by atoms with van der Waals surface area (Å²) in [5.74, 6) is 0. The molecule has 0 aromatic rings. The zero-order chi connectivity index (χ0) is 13.5. The summed E-state index contributed by atoms with van der Waals surface area (Å²) in [4.78, 5) is 0. The molecule has 1 aliphatic heterocycles. The Bertz CT molecular complexity index is 257. The van der Waals surface area contributed by atoms with E-state index in [2.05, 4.69) is 14.1 Å². The maximum Gasteiger partial charge on any atom is 0.102 e. The van der Waals surface area contributed by atoms with Crippen molar-refractivity contribution in [3.8, 4) is 0 Å². The van der Waals surface area contributed by atoms with Gasteiger partial charge in [0.1, 0.15) is 6.54 Å². The van der Waals surface area contributed by atoms with Crippen LogP contribution < -0.4 is 0 Å². The van der Waals surface area contributed by atoms with E-state index in [0.717, 1.165) is 23.9 Å². The highest BCUT2D eigenvalue weighted by molar-refractivity contribution is 4.96. The number of hydroxylamine groups is 2. The van der Waals surface area contributed by atoms with E-state index in [-0.39, 0.29) is 17.7 Å². The number of aliphatic hydroxyl groups is 1. The van der Waals surface area contributed by atoms with Gasteiger partial charge in [0.15, 0.2) is 0 Å². The van der Waals surface area contributed by atoms with Crippen LogP contribution in [-0.4, -0.2) is 59.0 Å². The van der Waals surface area contributed by atoms with E-state index >= 15 is 0 Å². The number of aliphatic hydroxyl groups excluding tert-OH is 1. The molecule has 0 aromatic heterocycles. The lowest BCUT2D eigenvalue weighted by Gasteiger charge is -2.53. The van der Waals surface area contributed by atoms with Gasteiger partial charge >= 0.3 is 0 Å². The highest BCUT2D eigenvalue weighted by Gasteiger charge is 2.50. The lowest BCUT2D eigenvalue weighted by Crippen LogP contribution is -2.65. The summed E-state index contributed by atoms with van der Waals surface area (Å²) in [6.45, 7) is 9.03. The third-order valence-electron chi connectivity index (χ3n) is 4.23. The summed E-state index contributed by atoms with van der Waals surface area (Å²) in [7, 11) is 4.29. The second-order valence-electron chi connectivity index (χ2n) is 7.21. The Labute approximate surface area is 105 Å². The Kier molecular flexibility index (Phi) is 3.94. The minimum atomic E-state index is -0.322. The van der Waals surface area contributed by atoms with Crippen LogP contribution in [0.15, 0.2) is 0 Å². The van der Waals surface area contributed by atoms with Crippen molar-refractivity contribution in [1.29, 1.82) is 0 Å². The van der Waals surface area contributed by atoms with E-state index in [9.17, 15) is 5.21 Å². The fourth-order valence-corrected chi connectivity index (χ4v) is 3.15. The van der Waals surface area contributed by atoms with Crippen molar-refractivity contribution in [2.45, 2.75) is 57.7 Å². The molecule has 0 spiro atoms. The Morgan fingerprint density at radius 2 is 1.59 bits per heavy atom. The summed E-state index contributed by atoms with van der Waals surface area (Å²) in [6, 6.07) is 0.428. The molecule has 0 aliphatic carbocycles. The van der Waals surface area contributed by atoms with Gasteiger partial charge in [-0.1, -0.05) is 0 Å². The first kappa shape index (κ1) is 14.9. The summed E-state index contributed by atoms with van der Waals surface area (Å²) < 4.78 is 0.789. The minimum Gasteiger partial charge on any atom is -0.391 e. The van der Waals surface area contributed by atoms with Crippen LogP contribution in [-0.2, 0) is 5.21 Å². The van der Waals surface area contributed by atoms with E-state index in [1.165, 1.54) is 5.06 Å². The maximum absolute atomic E-state index is 12.3. The number of likely N-dealkylation sites (N-methyl/N-ethyl adjacent to an activating group) is 1. The third kappa shape index (κ3) is 2.99. The standard InChI is InChI=1S/C13H28N2O2/c1-12(2)9-11(15(5,6)7-8-16)10-13(3,4)14(12)17/h11,16H,7-10H2,1-6H3/q+1. The van der Waals surface area contributed by atoms with E-state index < -0.39 is 0 Å². The average Bonchev–Trinajstić information content (AvgIpc) is 2.13. The van der Waals surface area contributed by atoms with Crippen LogP contribution in [0, 0.1) is 0 Å². The van der Waals surface area contributed by atoms with Crippen molar-refractivity contribution >= 4 is 0 Å². The Morgan fingerprint density at radius 1 is 1.18 bits per heavy atom. The van der Waals surface area contributed by atoms with Crippen molar-refractivity contribution in [3.63, 3.8) is 0 Å². The van der Waals surface area contributed by atoms with E-state index in [4.69, 9.17) is 5.11 Å². The average molecular weight is 244 g/mol. The van der Waals surface area contributed by atoms with Gasteiger partial charge in [0.25, 0.3) is 0 Å². The van der Waals surface area contributed by atoms with Crippen LogP contribution in [0.2, 0.25) is 0 Å². The molecule has 0 amide bonds. The second kappa shape index (κ2) is 4.50. The number of hydrogen-bond acceptors (Lipinski definition) is 2. The smallest absolute Gasteiger partial charge is 0.102 e. The maximum atomic E-state index is 12.3. The van der Waals surface area contributed by atoms with Crippen LogP contribution in [0.3, 0.4) is 0 Å². The first-order valence-electron chi connectivity index (χ1n) is 6.44. The molecule has 0 unspecified atom stereocenters. The molecule has 1 N–H and O–H groups in total. The molecule has 0 saturated carbocycles. The summed E-state index contributed by atoms with van der Waals surface area (Å²) in [6.07, 6.45) is 1.76. The number of hydrogen-bond donors (Lipinski definition) is 1. The lowest BCUT2D eigenvalue weighted by molar-refractivity contribution is -0.918. The number of rotatable bonds is 3. The zero-order valence-corrected chi connectivity index (χ0v) is 12.2. The predicted molar refractivity (Wildman–Crippen MR) is 67.8 cm³/mol. The van der Waals surface area contributed by atoms with Gasteiger partial charge in [-0.05, 0) is 27.7 Å².